The van der Waals surface area contributed by atoms with Gasteiger partial charge in [-0.05, 0) is 18.2 Å². The fourth-order valence-electron chi connectivity index (χ4n) is 2.11. The monoisotopic (exact) mass is 285 g/mol. The van der Waals surface area contributed by atoms with Crippen LogP contribution >= 0.6 is 0 Å². The van der Waals surface area contributed by atoms with E-state index in [9.17, 15) is 19.4 Å². The maximum Gasteiger partial charge on any atom is 0.258 e. The molecule has 6 nitrogen and oxygen atoms in total. The lowest BCUT2D eigenvalue weighted by molar-refractivity contribution is -0.133. The zero-order chi connectivity index (χ0) is 14.9. The predicted molar refractivity (Wildman–Crippen MR) is 67.6 cm³/mol. The van der Waals surface area contributed by atoms with Crippen LogP contribution in [0.15, 0.2) is 24.3 Å². The molecule has 1 aliphatic rings. The van der Waals surface area contributed by atoms with Gasteiger partial charge in [-0.2, -0.15) is 0 Å². The van der Waals surface area contributed by atoms with Gasteiger partial charge in [0.2, 0.25) is 0 Å². The van der Waals surface area contributed by atoms with Crippen LogP contribution in [0.4, 0.5) is 10.1 Å². The molecule has 7 heteroatoms. The minimum Gasteiger partial charge on any atom is -0.394 e. The molecule has 20 heavy (non-hydrogen) atoms. The van der Waals surface area contributed by atoms with Gasteiger partial charge >= 0.3 is 0 Å². The molecular weight excluding hydrogens is 269 g/mol. The molecule has 0 radical (unpaired) electrons. The summed E-state index contributed by atoms with van der Waals surface area (Å²) in [6, 6.07) is 5.39. The summed E-state index contributed by atoms with van der Waals surface area (Å²) in [6.07, 6.45) is -5.08. The number of aliphatic hydroxyl groups excluding tert-OH is 3. The first kappa shape index (κ1) is 14.9. The molecule has 1 fully saturated rings. The normalized spacial score (nSPS) is 29.4. The summed E-state index contributed by atoms with van der Waals surface area (Å²) in [5.41, 5.74) is 0.299. The van der Waals surface area contributed by atoms with Crippen molar-refractivity contribution in [2.24, 2.45) is 0 Å². The Bertz CT molecular complexity index is 497. The summed E-state index contributed by atoms with van der Waals surface area (Å²) >= 11 is 0. The molecule has 2 rings (SSSR count). The van der Waals surface area contributed by atoms with Crippen molar-refractivity contribution in [1.82, 2.24) is 0 Å². The number of carbonyl (C=O) groups excluding carboxylic acids is 1. The minimum atomic E-state index is -1.43. The Morgan fingerprint density at radius 3 is 2.65 bits per heavy atom. The molecule has 0 aromatic heterocycles. The van der Waals surface area contributed by atoms with Gasteiger partial charge in [0.05, 0.1) is 6.61 Å². The number of aliphatic hydroxyl groups is 3. The molecule has 0 spiro atoms. The summed E-state index contributed by atoms with van der Waals surface area (Å²) in [4.78, 5) is 13.3. The average molecular weight is 285 g/mol. The van der Waals surface area contributed by atoms with Crippen molar-refractivity contribution >= 4 is 11.6 Å². The maximum atomic E-state index is 13.1. The van der Waals surface area contributed by atoms with Gasteiger partial charge in [0, 0.05) is 12.7 Å². The molecule has 3 N–H and O–H groups in total. The van der Waals surface area contributed by atoms with E-state index in [1.54, 1.807) is 0 Å². The van der Waals surface area contributed by atoms with E-state index in [0.29, 0.717) is 5.69 Å². The van der Waals surface area contributed by atoms with Crippen LogP contribution < -0.4 is 4.90 Å². The van der Waals surface area contributed by atoms with Gasteiger partial charge in [0.1, 0.15) is 24.1 Å². The average Bonchev–Trinajstić information content (AvgIpc) is 2.73. The van der Waals surface area contributed by atoms with Crippen LogP contribution in [0.25, 0.3) is 0 Å². The Morgan fingerprint density at radius 1 is 1.40 bits per heavy atom. The zero-order valence-electron chi connectivity index (χ0n) is 10.8. The molecule has 4 atom stereocenters. The third-order valence-corrected chi connectivity index (χ3v) is 3.31. The fourth-order valence-corrected chi connectivity index (χ4v) is 2.11. The lowest BCUT2D eigenvalue weighted by atomic mass is 10.1. The second-order valence-electron chi connectivity index (χ2n) is 4.64. The van der Waals surface area contributed by atoms with Gasteiger partial charge in [-0.3, -0.25) is 4.79 Å². The molecule has 0 aliphatic carbocycles. The number of nitrogens with zero attached hydrogens (tertiary/aromatic N) is 1. The highest BCUT2D eigenvalue weighted by molar-refractivity contribution is 5.96. The van der Waals surface area contributed by atoms with Crippen LogP contribution in [-0.4, -0.2) is 59.3 Å². The van der Waals surface area contributed by atoms with E-state index in [1.165, 1.54) is 31.3 Å². The Hall–Kier alpha value is -1.54. The highest BCUT2D eigenvalue weighted by Gasteiger charge is 2.47. The first-order chi connectivity index (χ1) is 9.45. The summed E-state index contributed by atoms with van der Waals surface area (Å²) in [5.74, 6) is -1.12. The van der Waals surface area contributed by atoms with Crippen LogP contribution in [-0.2, 0) is 9.53 Å². The van der Waals surface area contributed by atoms with E-state index in [-0.39, 0.29) is 0 Å². The predicted octanol–water partition coefficient (Wildman–Crippen LogP) is -0.730. The minimum absolute atomic E-state index is 0.299. The molecule has 110 valence electrons. The van der Waals surface area contributed by atoms with E-state index >= 15 is 0 Å². The number of anilines is 1. The van der Waals surface area contributed by atoms with Crippen LogP contribution in [0.1, 0.15) is 0 Å². The van der Waals surface area contributed by atoms with Crippen molar-refractivity contribution in [1.29, 1.82) is 0 Å². The van der Waals surface area contributed by atoms with E-state index < -0.39 is 42.7 Å². The molecule has 0 unspecified atom stereocenters. The van der Waals surface area contributed by atoms with Crippen molar-refractivity contribution < 1.29 is 29.2 Å². The molecule has 1 aromatic rings. The van der Waals surface area contributed by atoms with Crippen molar-refractivity contribution in [3.8, 4) is 0 Å². The second kappa shape index (κ2) is 5.84. The summed E-state index contributed by atoms with van der Waals surface area (Å²) in [5, 5.41) is 28.4. The number of likely N-dealkylation sites (N-methyl/N-ethyl adjacent to an activating group) is 1. The third kappa shape index (κ3) is 2.66. The molecule has 1 saturated heterocycles. The van der Waals surface area contributed by atoms with Gasteiger partial charge in [0.15, 0.2) is 6.10 Å². The number of amides is 1. The molecule has 1 amide bonds. The van der Waals surface area contributed by atoms with Crippen molar-refractivity contribution in [2.75, 3.05) is 18.6 Å². The molecule has 0 saturated carbocycles. The van der Waals surface area contributed by atoms with Crippen molar-refractivity contribution in [2.45, 2.75) is 24.4 Å². The van der Waals surface area contributed by atoms with Crippen LogP contribution in [0, 0.1) is 5.82 Å². The highest BCUT2D eigenvalue weighted by Crippen LogP contribution is 2.24. The van der Waals surface area contributed by atoms with Crippen molar-refractivity contribution in [3.63, 3.8) is 0 Å². The van der Waals surface area contributed by atoms with Crippen LogP contribution in [0.2, 0.25) is 0 Å². The van der Waals surface area contributed by atoms with E-state index in [0.717, 1.165) is 4.90 Å². The number of hydrogen-bond donors (Lipinski definition) is 3. The van der Waals surface area contributed by atoms with Gasteiger partial charge in [0.25, 0.3) is 5.91 Å². The van der Waals surface area contributed by atoms with Crippen LogP contribution in [0.5, 0.6) is 0 Å². The van der Waals surface area contributed by atoms with Gasteiger partial charge in [-0.15, -0.1) is 0 Å². The zero-order valence-corrected chi connectivity index (χ0v) is 10.8. The quantitative estimate of drug-likeness (QED) is 0.681. The largest absolute Gasteiger partial charge is 0.394 e. The Kier molecular flexibility index (Phi) is 4.34. The number of carbonyl (C=O) groups is 1. The van der Waals surface area contributed by atoms with E-state index in [4.69, 9.17) is 9.84 Å². The smallest absolute Gasteiger partial charge is 0.258 e. The summed E-state index contributed by atoms with van der Waals surface area (Å²) in [6.45, 7) is -0.508. The van der Waals surface area contributed by atoms with Crippen molar-refractivity contribution in [3.05, 3.63) is 30.1 Å². The molecular formula is C13H16FNO5. The number of ether oxygens (including phenoxy) is 1. The Morgan fingerprint density at radius 2 is 2.10 bits per heavy atom. The number of hydrogen-bond acceptors (Lipinski definition) is 5. The second-order valence-corrected chi connectivity index (χ2v) is 4.64. The highest BCUT2D eigenvalue weighted by atomic mass is 19.1. The summed E-state index contributed by atoms with van der Waals surface area (Å²) < 4.78 is 18.3. The molecule has 1 aliphatic heterocycles. The Labute approximate surface area is 115 Å². The number of rotatable bonds is 3. The number of halogens is 1. The lowest BCUT2D eigenvalue weighted by Crippen LogP contribution is -2.43. The SMILES string of the molecule is CN(C(=O)[C@@H]1O[C@H](CO)[C@@H](O)[C@H]1O)c1cccc(F)c1. The lowest BCUT2D eigenvalue weighted by Gasteiger charge is -2.22. The van der Waals surface area contributed by atoms with Gasteiger partial charge in [-0.1, -0.05) is 6.07 Å². The standard InChI is InChI=1S/C13H16FNO5/c1-15(8-4-2-3-7(14)5-8)13(19)12-11(18)10(17)9(6-16)20-12/h2-5,9-12,16-18H,6H2,1H3/t9-,10-,11-,12-/m1/s1. The van der Waals surface area contributed by atoms with Gasteiger partial charge in [-0.25, -0.2) is 4.39 Å². The fraction of sp³-hybridized carbons (Fsp3) is 0.462. The summed E-state index contributed by atoms with van der Waals surface area (Å²) in [7, 11) is 1.41. The maximum absolute atomic E-state index is 13.1. The topological polar surface area (TPSA) is 90.2 Å². The number of benzene rings is 1. The molecule has 0 bridgehead atoms. The van der Waals surface area contributed by atoms with E-state index in [1.807, 2.05) is 0 Å². The first-order valence-corrected chi connectivity index (χ1v) is 6.11. The van der Waals surface area contributed by atoms with E-state index in [2.05, 4.69) is 0 Å². The van der Waals surface area contributed by atoms with Crippen LogP contribution in [0.3, 0.4) is 0 Å². The first-order valence-electron chi connectivity index (χ1n) is 6.11. The third-order valence-electron chi connectivity index (χ3n) is 3.31. The molecule has 1 heterocycles. The Balaban J connectivity index is 2.15. The molecule has 1 aromatic carbocycles. The van der Waals surface area contributed by atoms with Gasteiger partial charge < -0.3 is 25.0 Å².